The molecule has 0 unspecified atom stereocenters. The van der Waals surface area contributed by atoms with Crippen LogP contribution in [0.15, 0.2) is 38.6 Å². The fourth-order valence-electron chi connectivity index (χ4n) is 2.27. The molecule has 130 valence electrons. The lowest BCUT2D eigenvalue weighted by atomic mass is 10.3. The fourth-order valence-corrected chi connectivity index (χ4v) is 3.56. The van der Waals surface area contributed by atoms with Crippen LogP contribution in [-0.2, 0) is 16.1 Å². The van der Waals surface area contributed by atoms with Crippen molar-refractivity contribution in [2.75, 3.05) is 23.0 Å². The lowest BCUT2D eigenvalue weighted by Gasteiger charge is -2.24. The number of halogens is 2. The van der Waals surface area contributed by atoms with Gasteiger partial charge >= 0.3 is 0 Å². The number of hydrogen-bond donors (Lipinski definition) is 1. The van der Waals surface area contributed by atoms with Crippen LogP contribution in [0.25, 0.3) is 0 Å². The molecule has 0 fully saturated rings. The van der Waals surface area contributed by atoms with Crippen molar-refractivity contribution >= 4 is 50.9 Å². The minimum atomic E-state index is -0.604. The zero-order chi connectivity index (χ0) is 18.1. The van der Waals surface area contributed by atoms with Crippen LogP contribution in [0, 0.1) is 5.82 Å². The average Bonchev–Trinajstić information content (AvgIpc) is 2.56. The predicted octanol–water partition coefficient (Wildman–Crippen LogP) is 1.85. The highest BCUT2D eigenvalue weighted by molar-refractivity contribution is 9.10. The highest BCUT2D eigenvalue weighted by Crippen LogP contribution is 2.30. The standard InChI is InChI=1S/C15H12BrFN4O3S/c1-20-13(23)7-25-11-5-18-21(15(24)14(11)20)6-12(22)19-10-3-2-8(16)4-9(10)17/h2-5H,6-7H2,1H3,(H,19,22). The molecule has 1 aliphatic heterocycles. The number of benzene rings is 1. The molecule has 10 heteroatoms. The highest BCUT2D eigenvalue weighted by atomic mass is 79.9. The largest absolute Gasteiger partial charge is 0.322 e. The summed E-state index contributed by atoms with van der Waals surface area (Å²) < 4.78 is 15.3. The first kappa shape index (κ1) is 17.6. The van der Waals surface area contributed by atoms with Gasteiger partial charge in [0.15, 0.2) is 0 Å². The SMILES string of the molecule is CN1C(=O)CSc2cnn(CC(=O)Nc3ccc(Br)cc3F)c(=O)c21. The highest BCUT2D eigenvalue weighted by Gasteiger charge is 2.26. The Kier molecular flexibility index (Phi) is 4.91. The maximum Gasteiger partial charge on any atom is 0.292 e. The first-order chi connectivity index (χ1) is 11.9. The number of aromatic nitrogens is 2. The number of thioether (sulfide) groups is 1. The third-order valence-corrected chi connectivity index (χ3v) is 5.04. The summed E-state index contributed by atoms with van der Waals surface area (Å²) in [6.07, 6.45) is 1.44. The Labute approximate surface area is 154 Å². The molecule has 3 rings (SSSR count). The molecule has 2 amide bonds. The Bertz CT molecular complexity index is 933. The molecule has 7 nitrogen and oxygen atoms in total. The molecule has 2 aromatic rings. The van der Waals surface area contributed by atoms with Crippen LogP contribution in [0.4, 0.5) is 15.8 Å². The molecule has 1 aromatic carbocycles. The number of nitrogens with zero attached hydrogens (tertiary/aromatic N) is 3. The maximum atomic E-state index is 13.8. The molecule has 1 aliphatic rings. The van der Waals surface area contributed by atoms with Gasteiger partial charge in [-0.25, -0.2) is 9.07 Å². The summed E-state index contributed by atoms with van der Waals surface area (Å²) in [6, 6.07) is 4.21. The number of amides is 2. The van der Waals surface area contributed by atoms with Gasteiger partial charge in [-0.1, -0.05) is 15.9 Å². The predicted molar refractivity (Wildman–Crippen MR) is 95.4 cm³/mol. The minimum absolute atomic E-state index is 0.00191. The lowest BCUT2D eigenvalue weighted by molar-refractivity contribution is -0.117. The van der Waals surface area contributed by atoms with Gasteiger partial charge < -0.3 is 10.2 Å². The van der Waals surface area contributed by atoms with E-state index in [1.165, 1.54) is 42.0 Å². The smallest absolute Gasteiger partial charge is 0.292 e. The summed E-state index contributed by atoms with van der Waals surface area (Å²) in [4.78, 5) is 38.2. The van der Waals surface area contributed by atoms with Crippen molar-refractivity contribution in [3.05, 3.63) is 45.0 Å². The van der Waals surface area contributed by atoms with Crippen molar-refractivity contribution in [3.8, 4) is 0 Å². The van der Waals surface area contributed by atoms with E-state index in [1.54, 1.807) is 6.07 Å². The van der Waals surface area contributed by atoms with E-state index in [9.17, 15) is 18.8 Å². The first-order valence-corrected chi connectivity index (χ1v) is 8.89. The fraction of sp³-hybridized carbons (Fsp3) is 0.200. The van der Waals surface area contributed by atoms with E-state index in [-0.39, 0.29) is 23.0 Å². The molecular formula is C15H12BrFN4O3S. The molecule has 0 aliphatic carbocycles. The number of fused-ring (bicyclic) bond motifs is 1. The molecule has 1 N–H and O–H groups in total. The summed E-state index contributed by atoms with van der Waals surface area (Å²) in [5, 5.41) is 6.35. The lowest BCUT2D eigenvalue weighted by Crippen LogP contribution is -2.40. The van der Waals surface area contributed by atoms with Gasteiger partial charge in [0.1, 0.15) is 18.0 Å². The van der Waals surface area contributed by atoms with Gasteiger partial charge in [-0.3, -0.25) is 14.4 Å². The van der Waals surface area contributed by atoms with Crippen molar-refractivity contribution in [1.29, 1.82) is 0 Å². The van der Waals surface area contributed by atoms with E-state index in [0.29, 0.717) is 9.37 Å². The van der Waals surface area contributed by atoms with Gasteiger partial charge in [0.2, 0.25) is 11.8 Å². The maximum absolute atomic E-state index is 13.8. The van der Waals surface area contributed by atoms with E-state index in [2.05, 4.69) is 26.3 Å². The second-order valence-corrected chi connectivity index (χ2v) is 7.17. The number of rotatable bonds is 3. The molecule has 0 bridgehead atoms. The molecule has 0 saturated carbocycles. The van der Waals surface area contributed by atoms with Crippen LogP contribution in [0.2, 0.25) is 0 Å². The molecule has 0 radical (unpaired) electrons. The van der Waals surface area contributed by atoms with Crippen molar-refractivity contribution in [1.82, 2.24) is 9.78 Å². The van der Waals surface area contributed by atoms with E-state index in [0.717, 1.165) is 4.68 Å². The van der Waals surface area contributed by atoms with Crippen LogP contribution < -0.4 is 15.8 Å². The van der Waals surface area contributed by atoms with E-state index in [1.807, 2.05) is 0 Å². The topological polar surface area (TPSA) is 84.3 Å². The minimum Gasteiger partial charge on any atom is -0.322 e. The molecule has 0 spiro atoms. The summed E-state index contributed by atoms with van der Waals surface area (Å²) in [5.41, 5.74) is -0.354. The second kappa shape index (κ2) is 6.96. The van der Waals surface area contributed by atoms with Crippen LogP contribution in [-0.4, -0.2) is 34.4 Å². The van der Waals surface area contributed by atoms with E-state index < -0.39 is 23.8 Å². The molecule has 1 aromatic heterocycles. The monoisotopic (exact) mass is 426 g/mol. The summed E-state index contributed by atoms with van der Waals surface area (Å²) in [6.45, 7) is -0.395. The Balaban J connectivity index is 1.82. The summed E-state index contributed by atoms with van der Waals surface area (Å²) in [5.74, 6) is -1.17. The van der Waals surface area contributed by atoms with Crippen LogP contribution in [0.5, 0.6) is 0 Å². The normalized spacial score (nSPS) is 13.6. The number of hydrogen-bond acceptors (Lipinski definition) is 5. The third-order valence-electron chi connectivity index (χ3n) is 3.54. The Morgan fingerprint density at radius 2 is 2.20 bits per heavy atom. The summed E-state index contributed by atoms with van der Waals surface area (Å²) in [7, 11) is 1.50. The molecule has 2 heterocycles. The number of carbonyl (C=O) groups excluding carboxylic acids is 2. The van der Waals surface area contributed by atoms with Crippen molar-refractivity contribution in [2.45, 2.75) is 11.4 Å². The van der Waals surface area contributed by atoms with Gasteiger partial charge in [0, 0.05) is 11.5 Å². The number of carbonyl (C=O) groups is 2. The molecular weight excluding hydrogens is 415 g/mol. The van der Waals surface area contributed by atoms with Crippen LogP contribution >= 0.6 is 27.7 Å². The van der Waals surface area contributed by atoms with Crippen molar-refractivity contribution in [3.63, 3.8) is 0 Å². The second-order valence-electron chi connectivity index (χ2n) is 5.23. The average molecular weight is 427 g/mol. The van der Waals surface area contributed by atoms with Gasteiger partial charge in [0.05, 0.1) is 22.5 Å². The van der Waals surface area contributed by atoms with Crippen molar-refractivity contribution < 1.29 is 14.0 Å². The molecule has 0 atom stereocenters. The molecule has 0 saturated heterocycles. The first-order valence-electron chi connectivity index (χ1n) is 7.11. The van der Waals surface area contributed by atoms with Crippen molar-refractivity contribution in [2.24, 2.45) is 0 Å². The Morgan fingerprint density at radius 1 is 1.44 bits per heavy atom. The summed E-state index contributed by atoms with van der Waals surface area (Å²) >= 11 is 4.36. The van der Waals surface area contributed by atoms with E-state index in [4.69, 9.17) is 0 Å². The van der Waals surface area contributed by atoms with Gasteiger partial charge in [-0.05, 0) is 18.2 Å². The zero-order valence-electron chi connectivity index (χ0n) is 13.0. The van der Waals surface area contributed by atoms with Crippen LogP contribution in [0.1, 0.15) is 0 Å². The number of nitrogens with one attached hydrogen (secondary N) is 1. The zero-order valence-corrected chi connectivity index (χ0v) is 15.4. The van der Waals surface area contributed by atoms with Gasteiger partial charge in [-0.15, -0.1) is 11.8 Å². The van der Waals surface area contributed by atoms with Crippen LogP contribution in [0.3, 0.4) is 0 Å². The number of anilines is 2. The van der Waals surface area contributed by atoms with Gasteiger partial charge in [0.25, 0.3) is 5.56 Å². The third kappa shape index (κ3) is 3.59. The van der Waals surface area contributed by atoms with E-state index >= 15 is 0 Å². The quantitative estimate of drug-likeness (QED) is 0.809. The van der Waals surface area contributed by atoms with Gasteiger partial charge in [-0.2, -0.15) is 5.10 Å². The Morgan fingerprint density at radius 3 is 2.92 bits per heavy atom. The Hall–Kier alpha value is -2.20. The molecule has 25 heavy (non-hydrogen) atoms.